The Hall–Kier alpha value is -1.85. The van der Waals surface area contributed by atoms with Crippen LogP contribution in [0.2, 0.25) is 4.34 Å². The first-order valence-corrected chi connectivity index (χ1v) is 7.44. The number of nitrogens with zero attached hydrogens (tertiary/aromatic N) is 1. The number of hydrogen-bond donors (Lipinski definition) is 0. The number of hydrogen-bond acceptors (Lipinski definition) is 4. The van der Waals surface area contributed by atoms with Crippen molar-refractivity contribution in [1.29, 1.82) is 0 Å². The number of aldehydes is 1. The highest BCUT2D eigenvalue weighted by Crippen LogP contribution is 2.22. The van der Waals surface area contributed by atoms with Gasteiger partial charge in [-0.05, 0) is 36.4 Å². The fourth-order valence-corrected chi connectivity index (χ4v) is 2.80. The van der Waals surface area contributed by atoms with Crippen molar-refractivity contribution in [3.8, 4) is 5.75 Å². The van der Waals surface area contributed by atoms with Crippen molar-refractivity contribution >= 4 is 35.1 Å². The minimum atomic E-state index is -0.126. The number of carbonyl (C=O) groups excluding carboxylic acids is 2. The zero-order valence-corrected chi connectivity index (χ0v) is 13.0. The standard InChI is InChI=1S/C15H14ClNO3S/c1-17(8-13-6-7-14(16)21-13)15(19)10-20-12-4-2-11(9-18)3-5-12/h2-7,9H,8,10H2,1H3. The van der Waals surface area contributed by atoms with Crippen LogP contribution >= 0.6 is 22.9 Å². The van der Waals surface area contributed by atoms with Crippen molar-refractivity contribution in [2.24, 2.45) is 0 Å². The van der Waals surface area contributed by atoms with Crippen LogP contribution in [-0.2, 0) is 11.3 Å². The highest BCUT2D eigenvalue weighted by Gasteiger charge is 2.11. The largest absolute Gasteiger partial charge is 0.484 e. The van der Waals surface area contributed by atoms with Crippen LogP contribution < -0.4 is 4.74 Å². The molecule has 0 aliphatic heterocycles. The van der Waals surface area contributed by atoms with Gasteiger partial charge in [0.05, 0.1) is 10.9 Å². The normalized spacial score (nSPS) is 10.2. The molecule has 2 aromatic rings. The van der Waals surface area contributed by atoms with Crippen LogP contribution in [0, 0.1) is 0 Å². The number of rotatable bonds is 6. The highest BCUT2D eigenvalue weighted by atomic mass is 35.5. The number of likely N-dealkylation sites (N-methyl/N-ethyl adjacent to an activating group) is 1. The first-order chi connectivity index (χ1) is 10.1. The van der Waals surface area contributed by atoms with Crippen LogP contribution in [0.5, 0.6) is 5.75 Å². The van der Waals surface area contributed by atoms with Gasteiger partial charge >= 0.3 is 0 Å². The molecule has 4 nitrogen and oxygen atoms in total. The highest BCUT2D eigenvalue weighted by molar-refractivity contribution is 7.16. The molecule has 0 radical (unpaired) electrons. The Bertz CT molecular complexity index is 624. The van der Waals surface area contributed by atoms with Gasteiger partial charge in [-0.1, -0.05) is 11.6 Å². The van der Waals surface area contributed by atoms with Crippen LogP contribution in [0.25, 0.3) is 0 Å². The fourth-order valence-electron chi connectivity index (χ4n) is 1.66. The number of benzene rings is 1. The van der Waals surface area contributed by atoms with E-state index in [0.717, 1.165) is 11.2 Å². The van der Waals surface area contributed by atoms with E-state index in [0.29, 0.717) is 22.2 Å². The summed E-state index contributed by atoms with van der Waals surface area (Å²) in [6.07, 6.45) is 0.759. The van der Waals surface area contributed by atoms with Gasteiger partial charge in [0.2, 0.25) is 0 Å². The summed E-state index contributed by atoms with van der Waals surface area (Å²) < 4.78 is 6.11. The topological polar surface area (TPSA) is 46.6 Å². The molecule has 0 bridgehead atoms. The molecule has 0 unspecified atom stereocenters. The molecule has 1 amide bonds. The lowest BCUT2D eigenvalue weighted by Gasteiger charge is -2.16. The summed E-state index contributed by atoms with van der Waals surface area (Å²) in [5.41, 5.74) is 0.570. The zero-order chi connectivity index (χ0) is 15.2. The van der Waals surface area contributed by atoms with Gasteiger partial charge in [-0.3, -0.25) is 9.59 Å². The average molecular weight is 324 g/mol. The molecule has 0 aliphatic rings. The summed E-state index contributed by atoms with van der Waals surface area (Å²) in [4.78, 5) is 25.1. The lowest BCUT2D eigenvalue weighted by Crippen LogP contribution is -2.30. The van der Waals surface area contributed by atoms with E-state index < -0.39 is 0 Å². The predicted molar refractivity (Wildman–Crippen MR) is 83.1 cm³/mol. The molecule has 0 saturated heterocycles. The molecule has 0 N–H and O–H groups in total. The van der Waals surface area contributed by atoms with Gasteiger partial charge in [-0.2, -0.15) is 0 Å². The molecule has 1 aromatic heterocycles. The minimum Gasteiger partial charge on any atom is -0.484 e. The van der Waals surface area contributed by atoms with E-state index in [1.807, 2.05) is 12.1 Å². The van der Waals surface area contributed by atoms with Crippen molar-refractivity contribution in [1.82, 2.24) is 4.90 Å². The molecule has 1 heterocycles. The Morgan fingerprint density at radius 3 is 2.57 bits per heavy atom. The monoisotopic (exact) mass is 323 g/mol. The van der Waals surface area contributed by atoms with Gasteiger partial charge in [0.1, 0.15) is 12.0 Å². The Labute approximate surface area is 131 Å². The maximum absolute atomic E-state index is 12.0. The molecular weight excluding hydrogens is 310 g/mol. The van der Waals surface area contributed by atoms with Crippen molar-refractivity contribution in [2.45, 2.75) is 6.54 Å². The SMILES string of the molecule is CN(Cc1ccc(Cl)s1)C(=O)COc1ccc(C=O)cc1. The molecule has 0 aliphatic carbocycles. The summed E-state index contributed by atoms with van der Waals surface area (Å²) in [6, 6.07) is 10.3. The van der Waals surface area contributed by atoms with E-state index in [9.17, 15) is 9.59 Å². The van der Waals surface area contributed by atoms with Crippen molar-refractivity contribution in [2.75, 3.05) is 13.7 Å². The summed E-state index contributed by atoms with van der Waals surface area (Å²) in [5, 5.41) is 0. The van der Waals surface area contributed by atoms with Gasteiger partial charge in [-0.15, -0.1) is 11.3 Å². The third-order valence-electron chi connectivity index (χ3n) is 2.83. The van der Waals surface area contributed by atoms with E-state index >= 15 is 0 Å². The molecule has 1 aromatic carbocycles. The van der Waals surface area contributed by atoms with Crippen molar-refractivity contribution in [3.63, 3.8) is 0 Å². The predicted octanol–water partition coefficient (Wildman–Crippen LogP) is 3.25. The number of carbonyl (C=O) groups is 2. The smallest absolute Gasteiger partial charge is 0.260 e. The van der Waals surface area contributed by atoms with E-state index in [1.54, 1.807) is 36.2 Å². The van der Waals surface area contributed by atoms with E-state index in [4.69, 9.17) is 16.3 Å². The van der Waals surface area contributed by atoms with E-state index in [-0.39, 0.29) is 12.5 Å². The summed E-state index contributed by atoms with van der Waals surface area (Å²) in [6.45, 7) is 0.458. The molecule has 0 fully saturated rings. The Balaban J connectivity index is 1.84. The van der Waals surface area contributed by atoms with Crippen LogP contribution in [0.4, 0.5) is 0 Å². The average Bonchev–Trinajstić information content (AvgIpc) is 2.90. The lowest BCUT2D eigenvalue weighted by molar-refractivity contribution is -0.132. The van der Waals surface area contributed by atoms with Crippen LogP contribution in [0.15, 0.2) is 36.4 Å². The first-order valence-electron chi connectivity index (χ1n) is 6.24. The maximum Gasteiger partial charge on any atom is 0.260 e. The molecule has 0 spiro atoms. The van der Waals surface area contributed by atoms with Crippen molar-refractivity contribution < 1.29 is 14.3 Å². The molecule has 0 atom stereocenters. The van der Waals surface area contributed by atoms with Crippen molar-refractivity contribution in [3.05, 3.63) is 51.2 Å². The second-order valence-corrected chi connectivity index (χ2v) is 6.23. The van der Waals surface area contributed by atoms with Crippen LogP contribution in [-0.4, -0.2) is 30.7 Å². The molecular formula is C15H14ClNO3S. The third-order valence-corrected chi connectivity index (χ3v) is 4.04. The summed E-state index contributed by atoms with van der Waals surface area (Å²) in [7, 11) is 1.72. The van der Waals surface area contributed by atoms with Gasteiger partial charge in [0.15, 0.2) is 6.61 Å². The second-order valence-electron chi connectivity index (χ2n) is 4.43. The molecule has 0 saturated carbocycles. The van der Waals surface area contributed by atoms with Gasteiger partial charge in [0, 0.05) is 17.5 Å². The summed E-state index contributed by atoms with van der Waals surface area (Å²) >= 11 is 7.30. The van der Waals surface area contributed by atoms with E-state index in [2.05, 4.69) is 0 Å². The zero-order valence-electron chi connectivity index (χ0n) is 11.4. The summed E-state index contributed by atoms with van der Waals surface area (Å²) in [5.74, 6) is 0.431. The van der Waals surface area contributed by atoms with Gasteiger partial charge in [-0.25, -0.2) is 0 Å². The Kier molecular flexibility index (Phi) is 5.36. The van der Waals surface area contributed by atoms with Gasteiger partial charge in [0.25, 0.3) is 5.91 Å². The second kappa shape index (κ2) is 7.24. The number of thiophene rings is 1. The first kappa shape index (κ1) is 15.5. The van der Waals surface area contributed by atoms with Crippen LogP contribution in [0.1, 0.15) is 15.2 Å². The van der Waals surface area contributed by atoms with Gasteiger partial charge < -0.3 is 9.64 Å². The maximum atomic E-state index is 12.0. The molecule has 6 heteroatoms. The molecule has 2 rings (SSSR count). The number of halogens is 1. The molecule has 110 valence electrons. The Morgan fingerprint density at radius 1 is 1.29 bits per heavy atom. The number of amides is 1. The third kappa shape index (κ3) is 4.58. The quantitative estimate of drug-likeness (QED) is 0.767. The lowest BCUT2D eigenvalue weighted by atomic mass is 10.2. The number of ether oxygens (including phenoxy) is 1. The van der Waals surface area contributed by atoms with E-state index in [1.165, 1.54) is 11.3 Å². The fraction of sp³-hybridized carbons (Fsp3) is 0.200. The van der Waals surface area contributed by atoms with Crippen LogP contribution in [0.3, 0.4) is 0 Å². The minimum absolute atomic E-state index is 0.0456. The Morgan fingerprint density at radius 2 is 2.00 bits per heavy atom. The molecule has 21 heavy (non-hydrogen) atoms.